The van der Waals surface area contributed by atoms with Crippen LogP contribution < -0.4 is 10.6 Å². The van der Waals surface area contributed by atoms with Gasteiger partial charge in [0, 0.05) is 24.0 Å². The summed E-state index contributed by atoms with van der Waals surface area (Å²) >= 11 is 0. The van der Waals surface area contributed by atoms with Crippen molar-refractivity contribution in [3.05, 3.63) is 60.1 Å². The third kappa shape index (κ3) is 2.82. The molecule has 1 aliphatic heterocycles. The highest BCUT2D eigenvalue weighted by Gasteiger charge is 2.59. The lowest BCUT2D eigenvalue weighted by molar-refractivity contribution is -0.108. The second-order valence-electron chi connectivity index (χ2n) is 7.52. The van der Waals surface area contributed by atoms with Crippen molar-refractivity contribution in [3.8, 4) is 0 Å². The number of amides is 2. The number of furan rings is 1. The first-order chi connectivity index (χ1) is 12.1. The molecule has 2 aliphatic rings. The molecule has 2 aromatic rings. The van der Waals surface area contributed by atoms with Crippen LogP contribution >= 0.6 is 0 Å². The van der Waals surface area contributed by atoms with Crippen LogP contribution in [0.15, 0.2) is 53.1 Å². The predicted octanol–water partition coefficient (Wildman–Crippen LogP) is 3.48. The van der Waals surface area contributed by atoms with Crippen LogP contribution in [0.25, 0.3) is 0 Å². The molecule has 0 bridgehead atoms. The lowest BCUT2D eigenvalue weighted by Gasteiger charge is -2.54. The zero-order valence-corrected chi connectivity index (χ0v) is 14.6. The average Bonchev–Trinajstić information content (AvgIpc) is 3.29. The maximum Gasteiger partial charge on any atom is 0.315 e. The Balaban J connectivity index is 1.48. The van der Waals surface area contributed by atoms with E-state index in [1.807, 2.05) is 42.5 Å². The SMILES string of the molecule is CC1(C)[C@H](NC(=O)N[C@H](c2ccccc2)c2ccco2)[C@@H]2CCO[C@H]21. The Kier molecular flexibility index (Phi) is 4.04. The number of fused-ring (bicyclic) bond motifs is 1. The highest BCUT2D eigenvalue weighted by Crippen LogP contribution is 2.52. The number of nitrogens with one attached hydrogen (secondary N) is 2. The molecule has 0 unspecified atom stereocenters. The second-order valence-corrected chi connectivity index (χ2v) is 7.52. The lowest BCUT2D eigenvalue weighted by Crippen LogP contribution is -2.67. The number of urea groups is 1. The van der Waals surface area contributed by atoms with E-state index in [1.54, 1.807) is 6.26 Å². The monoisotopic (exact) mass is 340 g/mol. The fraction of sp³-hybridized carbons (Fsp3) is 0.450. The minimum atomic E-state index is -0.310. The third-order valence-electron chi connectivity index (χ3n) is 5.62. The third-order valence-corrected chi connectivity index (χ3v) is 5.62. The first kappa shape index (κ1) is 16.2. The van der Waals surface area contributed by atoms with Crippen LogP contribution in [0.5, 0.6) is 0 Å². The topological polar surface area (TPSA) is 63.5 Å². The van der Waals surface area contributed by atoms with E-state index in [0.717, 1.165) is 24.4 Å². The number of rotatable bonds is 4. The second kappa shape index (κ2) is 6.23. The van der Waals surface area contributed by atoms with Gasteiger partial charge in [0.1, 0.15) is 11.8 Å². The quantitative estimate of drug-likeness (QED) is 0.896. The summed E-state index contributed by atoms with van der Waals surface area (Å²) in [5, 5.41) is 6.24. The van der Waals surface area contributed by atoms with Gasteiger partial charge in [-0.25, -0.2) is 4.79 Å². The standard InChI is InChI=1S/C20H24N2O3/c1-20(2)17(14-10-12-25-18(14)20)22-19(23)21-16(15-9-6-11-24-15)13-7-4-3-5-8-13/h3-9,11,14,16-18H,10,12H2,1-2H3,(H2,21,22,23)/t14-,16+,17+,18+/m0/s1. The van der Waals surface area contributed by atoms with E-state index < -0.39 is 0 Å². The van der Waals surface area contributed by atoms with Crippen LogP contribution in [0.1, 0.15) is 37.6 Å². The zero-order valence-electron chi connectivity index (χ0n) is 14.6. The molecular weight excluding hydrogens is 316 g/mol. The number of benzene rings is 1. The fourth-order valence-electron chi connectivity index (χ4n) is 4.35. The Morgan fingerprint density at radius 1 is 1.20 bits per heavy atom. The molecule has 5 nitrogen and oxygen atoms in total. The van der Waals surface area contributed by atoms with E-state index in [9.17, 15) is 4.79 Å². The van der Waals surface area contributed by atoms with Crippen LogP contribution in [-0.4, -0.2) is 24.8 Å². The van der Waals surface area contributed by atoms with Gasteiger partial charge in [-0.2, -0.15) is 0 Å². The van der Waals surface area contributed by atoms with Crippen molar-refractivity contribution in [3.63, 3.8) is 0 Å². The number of hydrogen-bond donors (Lipinski definition) is 2. The van der Waals surface area contributed by atoms with Crippen LogP contribution in [0.3, 0.4) is 0 Å². The molecule has 1 aromatic heterocycles. The molecule has 4 atom stereocenters. The van der Waals surface area contributed by atoms with Crippen molar-refractivity contribution < 1.29 is 13.9 Å². The van der Waals surface area contributed by atoms with Crippen LogP contribution in [0.2, 0.25) is 0 Å². The summed E-state index contributed by atoms with van der Waals surface area (Å²) in [5.41, 5.74) is 0.952. The Labute approximate surface area is 147 Å². The van der Waals surface area contributed by atoms with Gasteiger partial charge in [0.2, 0.25) is 0 Å². The Morgan fingerprint density at radius 2 is 2.00 bits per heavy atom. The van der Waals surface area contributed by atoms with E-state index in [-0.39, 0.29) is 29.6 Å². The molecule has 1 aliphatic carbocycles. The van der Waals surface area contributed by atoms with E-state index in [4.69, 9.17) is 9.15 Å². The summed E-state index contributed by atoms with van der Waals surface area (Å²) in [5.74, 6) is 1.14. The Bertz CT molecular complexity index is 727. The number of hydrogen-bond acceptors (Lipinski definition) is 3. The van der Waals surface area contributed by atoms with Gasteiger partial charge < -0.3 is 19.8 Å². The maximum atomic E-state index is 12.7. The van der Waals surface area contributed by atoms with Gasteiger partial charge >= 0.3 is 6.03 Å². The highest BCUT2D eigenvalue weighted by molar-refractivity contribution is 5.75. The Hall–Kier alpha value is -2.27. The van der Waals surface area contributed by atoms with Crippen LogP contribution in [-0.2, 0) is 4.74 Å². The summed E-state index contributed by atoms with van der Waals surface area (Å²) in [6.07, 6.45) is 2.90. The van der Waals surface area contributed by atoms with E-state index >= 15 is 0 Å². The predicted molar refractivity (Wildman–Crippen MR) is 94.1 cm³/mol. The van der Waals surface area contributed by atoms with Crippen LogP contribution in [0.4, 0.5) is 4.79 Å². The average molecular weight is 340 g/mol. The normalized spacial score (nSPS) is 27.8. The number of carbonyl (C=O) groups excluding carboxylic acids is 1. The molecule has 2 heterocycles. The van der Waals surface area contributed by atoms with Gasteiger partial charge in [0.15, 0.2) is 0 Å². The van der Waals surface area contributed by atoms with Crippen molar-refractivity contribution >= 4 is 6.03 Å². The first-order valence-electron chi connectivity index (χ1n) is 8.84. The van der Waals surface area contributed by atoms with Gasteiger partial charge in [0.25, 0.3) is 0 Å². The van der Waals surface area contributed by atoms with Crippen molar-refractivity contribution in [1.29, 1.82) is 0 Å². The van der Waals surface area contributed by atoms with Gasteiger partial charge in [-0.05, 0) is 24.1 Å². The minimum Gasteiger partial charge on any atom is -0.467 e. The summed E-state index contributed by atoms with van der Waals surface area (Å²) < 4.78 is 11.3. The van der Waals surface area contributed by atoms with Crippen molar-refractivity contribution in [1.82, 2.24) is 10.6 Å². The number of ether oxygens (including phenoxy) is 1. The molecular formula is C20H24N2O3. The highest BCUT2D eigenvalue weighted by atomic mass is 16.5. The molecule has 25 heavy (non-hydrogen) atoms. The van der Waals surface area contributed by atoms with Crippen molar-refractivity contribution in [2.75, 3.05) is 6.61 Å². The summed E-state index contributed by atoms with van der Waals surface area (Å²) in [6.45, 7) is 5.11. The largest absolute Gasteiger partial charge is 0.467 e. The summed E-state index contributed by atoms with van der Waals surface area (Å²) in [4.78, 5) is 12.7. The zero-order chi connectivity index (χ0) is 17.4. The molecule has 1 saturated heterocycles. The molecule has 132 valence electrons. The van der Waals surface area contributed by atoms with E-state index in [1.165, 1.54) is 0 Å². The summed E-state index contributed by atoms with van der Waals surface area (Å²) in [7, 11) is 0. The van der Waals surface area contributed by atoms with E-state index in [0.29, 0.717) is 5.92 Å². The molecule has 2 N–H and O–H groups in total. The van der Waals surface area contributed by atoms with Gasteiger partial charge in [-0.1, -0.05) is 44.2 Å². The molecule has 4 rings (SSSR count). The van der Waals surface area contributed by atoms with Gasteiger partial charge in [-0.3, -0.25) is 0 Å². The molecule has 2 amide bonds. The first-order valence-corrected chi connectivity index (χ1v) is 8.84. The fourth-order valence-corrected chi connectivity index (χ4v) is 4.35. The number of carbonyl (C=O) groups is 1. The van der Waals surface area contributed by atoms with Gasteiger partial charge in [-0.15, -0.1) is 0 Å². The molecule has 2 fully saturated rings. The molecule has 1 saturated carbocycles. The molecule has 5 heteroatoms. The van der Waals surface area contributed by atoms with Crippen LogP contribution in [0, 0.1) is 11.3 Å². The van der Waals surface area contributed by atoms with Crippen molar-refractivity contribution in [2.24, 2.45) is 11.3 Å². The Morgan fingerprint density at radius 3 is 2.72 bits per heavy atom. The van der Waals surface area contributed by atoms with E-state index in [2.05, 4.69) is 24.5 Å². The summed E-state index contributed by atoms with van der Waals surface area (Å²) in [6, 6.07) is 13.2. The smallest absolute Gasteiger partial charge is 0.315 e. The molecule has 1 aromatic carbocycles. The molecule has 0 spiro atoms. The maximum absolute atomic E-state index is 12.7. The minimum absolute atomic E-state index is 0.0363. The lowest BCUT2D eigenvalue weighted by atomic mass is 9.57. The van der Waals surface area contributed by atoms with Crippen molar-refractivity contribution in [2.45, 2.75) is 38.5 Å². The van der Waals surface area contributed by atoms with Gasteiger partial charge in [0.05, 0.1) is 12.4 Å². The molecule has 0 radical (unpaired) electrons.